The van der Waals surface area contributed by atoms with Gasteiger partial charge in [0.2, 0.25) is 5.91 Å². The summed E-state index contributed by atoms with van der Waals surface area (Å²) in [7, 11) is 1.36. The minimum Gasteiger partial charge on any atom is -0.465 e. The SMILES string of the molecule is COC(=O)c1ccc2ncnc(N3CCC4(CC3)C(=O)Nc3ccccc34)c2c1. The summed E-state index contributed by atoms with van der Waals surface area (Å²) in [6, 6.07) is 13.2. The molecule has 3 aromatic rings. The molecule has 1 spiro atoms. The van der Waals surface area contributed by atoms with Gasteiger partial charge >= 0.3 is 5.97 Å². The number of ether oxygens (including phenoxy) is 1. The molecule has 0 bridgehead atoms. The van der Waals surface area contributed by atoms with Crippen molar-refractivity contribution in [2.75, 3.05) is 30.4 Å². The first-order valence-electron chi connectivity index (χ1n) is 9.61. The highest BCUT2D eigenvalue weighted by molar-refractivity contribution is 6.06. The van der Waals surface area contributed by atoms with E-state index in [2.05, 4.69) is 20.2 Å². The fourth-order valence-electron chi connectivity index (χ4n) is 4.51. The number of anilines is 2. The van der Waals surface area contributed by atoms with E-state index in [1.807, 2.05) is 24.3 Å². The molecule has 1 saturated heterocycles. The van der Waals surface area contributed by atoms with Crippen LogP contribution in [0.2, 0.25) is 0 Å². The third-order valence-electron chi connectivity index (χ3n) is 6.08. The maximum atomic E-state index is 12.8. The van der Waals surface area contributed by atoms with Crippen molar-refractivity contribution in [3.63, 3.8) is 0 Å². The number of para-hydroxylation sites is 1. The number of aromatic nitrogens is 2. The lowest BCUT2D eigenvalue weighted by molar-refractivity contribution is -0.121. The number of fused-ring (bicyclic) bond motifs is 3. The quantitative estimate of drug-likeness (QED) is 0.680. The average Bonchev–Trinajstić information content (AvgIpc) is 3.04. The second kappa shape index (κ2) is 6.55. The molecule has 3 heterocycles. The van der Waals surface area contributed by atoms with Crippen LogP contribution in [0, 0.1) is 0 Å². The van der Waals surface area contributed by atoms with Crippen molar-refractivity contribution in [1.82, 2.24) is 9.97 Å². The number of carbonyl (C=O) groups excluding carboxylic acids is 2. The fourth-order valence-corrected chi connectivity index (χ4v) is 4.51. The Balaban J connectivity index is 1.48. The lowest BCUT2D eigenvalue weighted by Gasteiger charge is -2.38. The molecule has 0 aliphatic carbocycles. The third-order valence-corrected chi connectivity index (χ3v) is 6.08. The summed E-state index contributed by atoms with van der Waals surface area (Å²) < 4.78 is 4.84. The van der Waals surface area contributed by atoms with Gasteiger partial charge in [-0.15, -0.1) is 0 Å². The number of nitrogens with one attached hydrogen (secondary N) is 1. The van der Waals surface area contributed by atoms with Gasteiger partial charge in [-0.2, -0.15) is 0 Å². The smallest absolute Gasteiger partial charge is 0.337 e. The molecular weight excluding hydrogens is 368 g/mol. The lowest BCUT2D eigenvalue weighted by atomic mass is 9.73. The number of rotatable bonds is 2. The minimum atomic E-state index is -0.479. The zero-order valence-electron chi connectivity index (χ0n) is 16.0. The standard InChI is InChI=1S/C22H20N4O3/c1-29-20(27)14-6-7-17-15(12-14)19(24-13-23-17)26-10-8-22(9-11-26)16-4-2-3-5-18(16)25-21(22)28/h2-7,12-13H,8-11H2,1H3,(H,25,28). The summed E-state index contributed by atoms with van der Waals surface area (Å²) >= 11 is 0. The maximum Gasteiger partial charge on any atom is 0.337 e. The summed E-state index contributed by atoms with van der Waals surface area (Å²) in [4.78, 5) is 35.7. The largest absolute Gasteiger partial charge is 0.465 e. The van der Waals surface area contributed by atoms with Gasteiger partial charge in [-0.1, -0.05) is 18.2 Å². The van der Waals surface area contributed by atoms with E-state index in [0.29, 0.717) is 31.5 Å². The van der Waals surface area contributed by atoms with Crippen LogP contribution in [0.3, 0.4) is 0 Å². The Hall–Kier alpha value is -3.48. The molecule has 146 valence electrons. The molecule has 2 aromatic carbocycles. The molecule has 2 aliphatic rings. The van der Waals surface area contributed by atoms with E-state index in [9.17, 15) is 9.59 Å². The predicted molar refractivity (Wildman–Crippen MR) is 109 cm³/mol. The van der Waals surface area contributed by atoms with Crippen LogP contribution >= 0.6 is 0 Å². The molecular formula is C22H20N4O3. The van der Waals surface area contributed by atoms with Crippen LogP contribution in [-0.4, -0.2) is 42.0 Å². The van der Waals surface area contributed by atoms with E-state index in [0.717, 1.165) is 28.0 Å². The van der Waals surface area contributed by atoms with Crippen molar-refractivity contribution >= 4 is 34.3 Å². The summed E-state index contributed by atoms with van der Waals surface area (Å²) in [5, 5.41) is 3.84. The topological polar surface area (TPSA) is 84.4 Å². The van der Waals surface area contributed by atoms with E-state index in [4.69, 9.17) is 4.74 Å². The van der Waals surface area contributed by atoms with Crippen LogP contribution in [0.15, 0.2) is 48.8 Å². The van der Waals surface area contributed by atoms with E-state index < -0.39 is 11.4 Å². The Morgan fingerprint density at radius 3 is 2.72 bits per heavy atom. The van der Waals surface area contributed by atoms with Gasteiger partial charge in [0.15, 0.2) is 0 Å². The number of methoxy groups -OCH3 is 1. The number of carbonyl (C=O) groups is 2. The van der Waals surface area contributed by atoms with E-state index in [1.165, 1.54) is 13.4 Å². The van der Waals surface area contributed by atoms with E-state index in [-0.39, 0.29) is 5.91 Å². The lowest BCUT2D eigenvalue weighted by Crippen LogP contribution is -2.46. The van der Waals surface area contributed by atoms with Crippen LogP contribution in [0.5, 0.6) is 0 Å². The summed E-state index contributed by atoms with van der Waals surface area (Å²) in [5.41, 5.74) is 2.76. The van der Waals surface area contributed by atoms with Crippen molar-refractivity contribution in [3.05, 3.63) is 59.9 Å². The van der Waals surface area contributed by atoms with Crippen LogP contribution < -0.4 is 10.2 Å². The first kappa shape index (κ1) is 17.6. The number of nitrogens with zero attached hydrogens (tertiary/aromatic N) is 3. The van der Waals surface area contributed by atoms with Gasteiger partial charge in [0.1, 0.15) is 12.1 Å². The highest BCUT2D eigenvalue weighted by Crippen LogP contribution is 2.45. The Morgan fingerprint density at radius 1 is 1.14 bits per heavy atom. The molecule has 7 heteroatoms. The minimum absolute atomic E-state index is 0.0823. The van der Waals surface area contributed by atoms with Crippen LogP contribution in [0.1, 0.15) is 28.8 Å². The average molecular weight is 388 g/mol. The second-order valence-electron chi connectivity index (χ2n) is 7.49. The van der Waals surface area contributed by atoms with Crippen LogP contribution in [-0.2, 0) is 14.9 Å². The van der Waals surface area contributed by atoms with Crippen molar-refractivity contribution < 1.29 is 14.3 Å². The molecule has 29 heavy (non-hydrogen) atoms. The molecule has 2 aliphatic heterocycles. The monoisotopic (exact) mass is 388 g/mol. The van der Waals surface area contributed by atoms with E-state index in [1.54, 1.807) is 18.2 Å². The first-order valence-corrected chi connectivity index (χ1v) is 9.61. The molecule has 7 nitrogen and oxygen atoms in total. The van der Waals surface area contributed by atoms with E-state index >= 15 is 0 Å². The van der Waals surface area contributed by atoms with Gasteiger partial charge in [-0.3, -0.25) is 4.79 Å². The molecule has 1 N–H and O–H groups in total. The zero-order chi connectivity index (χ0) is 20.0. The Morgan fingerprint density at radius 2 is 1.93 bits per heavy atom. The summed E-state index contributed by atoms with van der Waals surface area (Å²) in [6.45, 7) is 1.38. The van der Waals surface area contributed by atoms with Gasteiger partial charge in [0.25, 0.3) is 0 Å². The highest BCUT2D eigenvalue weighted by atomic mass is 16.5. The number of amides is 1. The first-order chi connectivity index (χ1) is 14.1. The number of hydrogen-bond acceptors (Lipinski definition) is 6. The fraction of sp³-hybridized carbons (Fsp3) is 0.273. The predicted octanol–water partition coefficient (Wildman–Crippen LogP) is 2.91. The van der Waals surface area contributed by atoms with Gasteiger partial charge in [-0.25, -0.2) is 14.8 Å². The summed E-state index contributed by atoms with van der Waals surface area (Å²) in [6.07, 6.45) is 2.95. The second-order valence-corrected chi connectivity index (χ2v) is 7.49. The Kier molecular flexibility index (Phi) is 3.97. The van der Waals surface area contributed by atoms with Crippen molar-refractivity contribution in [2.45, 2.75) is 18.3 Å². The van der Waals surface area contributed by atoms with Gasteiger partial charge in [0, 0.05) is 24.2 Å². The normalized spacial score (nSPS) is 17.3. The molecule has 0 radical (unpaired) electrons. The molecule has 1 aromatic heterocycles. The zero-order valence-corrected chi connectivity index (χ0v) is 16.0. The Labute approximate surface area is 167 Å². The number of hydrogen-bond donors (Lipinski definition) is 1. The van der Waals surface area contributed by atoms with Crippen LogP contribution in [0.4, 0.5) is 11.5 Å². The van der Waals surface area contributed by atoms with Crippen molar-refractivity contribution in [3.8, 4) is 0 Å². The van der Waals surface area contributed by atoms with Gasteiger partial charge in [-0.05, 0) is 42.7 Å². The van der Waals surface area contributed by atoms with Gasteiger partial charge < -0.3 is 15.0 Å². The molecule has 0 saturated carbocycles. The number of benzene rings is 2. The molecule has 1 amide bonds. The molecule has 5 rings (SSSR count). The van der Waals surface area contributed by atoms with Crippen molar-refractivity contribution in [2.24, 2.45) is 0 Å². The number of piperidine rings is 1. The third kappa shape index (κ3) is 2.65. The maximum absolute atomic E-state index is 12.8. The highest BCUT2D eigenvalue weighted by Gasteiger charge is 2.48. The Bertz CT molecular complexity index is 1140. The number of esters is 1. The molecule has 0 atom stereocenters. The molecule has 1 fully saturated rings. The summed E-state index contributed by atoms with van der Waals surface area (Å²) in [5.74, 6) is 0.472. The van der Waals surface area contributed by atoms with Gasteiger partial charge in [0.05, 0.1) is 23.6 Å². The van der Waals surface area contributed by atoms with Crippen LogP contribution in [0.25, 0.3) is 10.9 Å². The van der Waals surface area contributed by atoms with Crippen molar-refractivity contribution in [1.29, 1.82) is 0 Å². The molecule has 0 unspecified atom stereocenters.